The van der Waals surface area contributed by atoms with Gasteiger partial charge in [-0.15, -0.1) is 12.4 Å². The lowest BCUT2D eigenvalue weighted by molar-refractivity contribution is -0.132. The average Bonchev–Trinajstić information content (AvgIpc) is 2.35. The van der Waals surface area contributed by atoms with Crippen molar-refractivity contribution in [3.63, 3.8) is 0 Å². The van der Waals surface area contributed by atoms with Crippen molar-refractivity contribution in [1.82, 2.24) is 10.2 Å². The molecule has 1 rings (SSSR count). The molecule has 1 fully saturated rings. The molecule has 0 saturated carbocycles. The zero-order valence-electron chi connectivity index (χ0n) is 13.7. The number of likely N-dealkylation sites (tertiary alicyclic amines) is 1. The van der Waals surface area contributed by atoms with Crippen LogP contribution in [0.5, 0.6) is 0 Å². The molecule has 0 aromatic heterocycles. The highest BCUT2D eigenvalue weighted by Crippen LogP contribution is 2.23. The van der Waals surface area contributed by atoms with Crippen molar-refractivity contribution in [2.24, 2.45) is 11.3 Å². The topological polar surface area (TPSA) is 32.3 Å². The van der Waals surface area contributed by atoms with Crippen molar-refractivity contribution in [1.29, 1.82) is 0 Å². The molecule has 0 aromatic carbocycles. The maximum Gasteiger partial charge on any atom is 0.222 e. The number of carbonyl (C=O) groups excluding carboxylic acids is 1. The number of hydrogen-bond acceptors (Lipinski definition) is 2. The summed E-state index contributed by atoms with van der Waals surface area (Å²) in [5, 5.41) is 3.41. The number of nitrogens with zero attached hydrogens (tertiary/aromatic N) is 1. The molecule has 0 unspecified atom stereocenters. The van der Waals surface area contributed by atoms with Gasteiger partial charge in [-0.2, -0.15) is 0 Å². The Kier molecular flexibility index (Phi) is 9.48. The Bertz CT molecular complexity index is 268. The van der Waals surface area contributed by atoms with Crippen molar-refractivity contribution in [2.75, 3.05) is 26.2 Å². The quantitative estimate of drug-likeness (QED) is 0.815. The molecule has 1 saturated heterocycles. The van der Waals surface area contributed by atoms with Crippen LogP contribution in [0.3, 0.4) is 0 Å². The second-order valence-electron chi connectivity index (χ2n) is 7.05. The van der Waals surface area contributed by atoms with Crippen LogP contribution in [0.15, 0.2) is 0 Å². The van der Waals surface area contributed by atoms with E-state index in [2.05, 4.69) is 37.9 Å². The minimum absolute atomic E-state index is 0. The zero-order valence-corrected chi connectivity index (χ0v) is 14.5. The molecule has 0 aliphatic carbocycles. The molecule has 1 heterocycles. The number of piperidine rings is 1. The van der Waals surface area contributed by atoms with E-state index < -0.39 is 0 Å². The molecule has 0 spiro atoms. The van der Waals surface area contributed by atoms with Crippen molar-refractivity contribution in [2.45, 2.75) is 59.8 Å². The summed E-state index contributed by atoms with van der Waals surface area (Å²) in [5.41, 5.74) is 0.346. The fourth-order valence-electron chi connectivity index (χ4n) is 2.66. The van der Waals surface area contributed by atoms with Gasteiger partial charge >= 0.3 is 0 Å². The van der Waals surface area contributed by atoms with Crippen molar-refractivity contribution < 1.29 is 4.79 Å². The van der Waals surface area contributed by atoms with E-state index in [1.54, 1.807) is 0 Å². The molecule has 0 radical (unpaired) electrons. The van der Waals surface area contributed by atoms with E-state index in [-0.39, 0.29) is 12.4 Å². The zero-order chi connectivity index (χ0) is 14.3. The van der Waals surface area contributed by atoms with Gasteiger partial charge in [0.2, 0.25) is 5.91 Å². The first-order chi connectivity index (χ1) is 8.92. The summed E-state index contributed by atoms with van der Waals surface area (Å²) in [6.45, 7) is 13.0. The Morgan fingerprint density at radius 2 is 1.85 bits per heavy atom. The second-order valence-corrected chi connectivity index (χ2v) is 7.05. The maximum absolute atomic E-state index is 12.1. The Morgan fingerprint density at radius 3 is 2.35 bits per heavy atom. The lowest BCUT2D eigenvalue weighted by Crippen LogP contribution is -2.40. The average molecular weight is 305 g/mol. The van der Waals surface area contributed by atoms with E-state index in [4.69, 9.17) is 0 Å². The molecule has 20 heavy (non-hydrogen) atoms. The summed E-state index contributed by atoms with van der Waals surface area (Å²) in [6.07, 6.45) is 5.22. The second kappa shape index (κ2) is 9.62. The van der Waals surface area contributed by atoms with Crippen LogP contribution in [0.25, 0.3) is 0 Å². The van der Waals surface area contributed by atoms with Gasteiger partial charge in [-0.25, -0.2) is 0 Å². The molecule has 1 N–H and O–H groups in total. The summed E-state index contributed by atoms with van der Waals surface area (Å²) in [7, 11) is 0. The molecule has 0 bridgehead atoms. The molecule has 3 nitrogen and oxygen atoms in total. The third-order valence-electron chi connectivity index (χ3n) is 3.97. The number of carbonyl (C=O) groups is 1. The maximum atomic E-state index is 12.1. The SMILES string of the molecule is CCNCC1CCN(C(=O)CCCC(C)(C)C)CC1.Cl. The van der Waals surface area contributed by atoms with Crippen molar-refractivity contribution in [3.05, 3.63) is 0 Å². The molecule has 1 aliphatic heterocycles. The van der Waals surface area contributed by atoms with Crippen LogP contribution >= 0.6 is 12.4 Å². The molecular weight excluding hydrogens is 272 g/mol. The van der Waals surface area contributed by atoms with E-state index >= 15 is 0 Å². The lowest BCUT2D eigenvalue weighted by Gasteiger charge is -2.32. The minimum Gasteiger partial charge on any atom is -0.343 e. The third-order valence-corrected chi connectivity index (χ3v) is 3.97. The van der Waals surface area contributed by atoms with Crippen LogP contribution in [-0.4, -0.2) is 37.0 Å². The monoisotopic (exact) mass is 304 g/mol. The van der Waals surface area contributed by atoms with E-state index in [0.29, 0.717) is 11.3 Å². The standard InChI is InChI=1S/C16H32N2O.ClH/c1-5-17-13-14-8-11-18(12-9-14)15(19)7-6-10-16(2,3)4;/h14,17H,5-13H2,1-4H3;1H. The van der Waals surface area contributed by atoms with Crippen LogP contribution in [0.4, 0.5) is 0 Å². The minimum atomic E-state index is 0. The smallest absolute Gasteiger partial charge is 0.222 e. The summed E-state index contributed by atoms with van der Waals surface area (Å²) in [5.74, 6) is 1.13. The highest BCUT2D eigenvalue weighted by atomic mass is 35.5. The van der Waals surface area contributed by atoms with Crippen LogP contribution < -0.4 is 5.32 Å². The van der Waals surface area contributed by atoms with Crippen LogP contribution in [0, 0.1) is 11.3 Å². The molecule has 1 amide bonds. The predicted octanol–water partition coefficient (Wildman–Crippen LogP) is 3.47. The molecule has 1 aliphatic rings. The highest BCUT2D eigenvalue weighted by molar-refractivity contribution is 5.85. The van der Waals surface area contributed by atoms with Gasteiger partial charge in [-0.05, 0) is 50.1 Å². The number of nitrogens with one attached hydrogen (secondary N) is 1. The largest absolute Gasteiger partial charge is 0.343 e. The van der Waals surface area contributed by atoms with Gasteiger partial charge in [0.15, 0.2) is 0 Å². The van der Waals surface area contributed by atoms with Gasteiger partial charge in [0.1, 0.15) is 0 Å². The fourth-order valence-corrected chi connectivity index (χ4v) is 2.66. The summed E-state index contributed by atoms with van der Waals surface area (Å²) < 4.78 is 0. The van der Waals surface area contributed by atoms with Gasteiger partial charge in [-0.3, -0.25) is 4.79 Å². The number of hydrogen-bond donors (Lipinski definition) is 1. The summed E-state index contributed by atoms with van der Waals surface area (Å²) in [6, 6.07) is 0. The van der Waals surface area contributed by atoms with E-state index in [9.17, 15) is 4.79 Å². The summed E-state index contributed by atoms with van der Waals surface area (Å²) >= 11 is 0. The van der Waals surface area contributed by atoms with Gasteiger partial charge < -0.3 is 10.2 Å². The van der Waals surface area contributed by atoms with E-state index in [1.807, 2.05) is 0 Å². The Labute approximate surface area is 131 Å². The first kappa shape index (κ1) is 19.7. The molecule has 120 valence electrons. The summed E-state index contributed by atoms with van der Waals surface area (Å²) in [4.78, 5) is 14.2. The van der Waals surface area contributed by atoms with Crippen molar-refractivity contribution in [3.8, 4) is 0 Å². The number of rotatable bonds is 6. The molecule has 0 aromatic rings. The first-order valence-corrected chi connectivity index (χ1v) is 7.91. The molecule has 0 atom stereocenters. The first-order valence-electron chi connectivity index (χ1n) is 7.91. The number of halogens is 1. The van der Waals surface area contributed by atoms with Gasteiger partial charge in [0, 0.05) is 19.5 Å². The molecular formula is C16H33ClN2O. The van der Waals surface area contributed by atoms with Crippen LogP contribution in [0.2, 0.25) is 0 Å². The third kappa shape index (κ3) is 8.11. The van der Waals surface area contributed by atoms with Crippen LogP contribution in [-0.2, 0) is 4.79 Å². The highest BCUT2D eigenvalue weighted by Gasteiger charge is 2.22. The Morgan fingerprint density at radius 1 is 1.25 bits per heavy atom. The van der Waals surface area contributed by atoms with E-state index in [1.165, 1.54) is 0 Å². The lowest BCUT2D eigenvalue weighted by atomic mass is 9.89. The van der Waals surface area contributed by atoms with E-state index in [0.717, 1.165) is 64.2 Å². The normalized spacial score (nSPS) is 16.9. The Hall–Kier alpha value is -0.280. The molecule has 4 heteroatoms. The van der Waals surface area contributed by atoms with Crippen molar-refractivity contribution >= 4 is 18.3 Å². The number of amides is 1. The van der Waals surface area contributed by atoms with Gasteiger partial charge in [-0.1, -0.05) is 27.7 Å². The Balaban J connectivity index is 0.00000361. The predicted molar refractivity (Wildman–Crippen MR) is 88.4 cm³/mol. The van der Waals surface area contributed by atoms with Gasteiger partial charge in [0.25, 0.3) is 0 Å². The fraction of sp³-hybridized carbons (Fsp3) is 0.938. The van der Waals surface area contributed by atoms with Crippen LogP contribution in [0.1, 0.15) is 59.8 Å². The van der Waals surface area contributed by atoms with Gasteiger partial charge in [0.05, 0.1) is 0 Å².